The molecule has 2 amide bonds. The lowest BCUT2D eigenvalue weighted by molar-refractivity contribution is -0.130. The summed E-state index contributed by atoms with van der Waals surface area (Å²) in [4.78, 5) is 45.2. The number of aromatic nitrogens is 4. The number of rotatable bonds is 5. The number of hydrogen-bond donors (Lipinski definition) is 1. The highest BCUT2D eigenvalue weighted by Gasteiger charge is 2.22. The summed E-state index contributed by atoms with van der Waals surface area (Å²) in [5.41, 5.74) is 0.636. The van der Waals surface area contributed by atoms with Gasteiger partial charge in [0.2, 0.25) is 11.7 Å². The zero-order chi connectivity index (χ0) is 20.1. The predicted octanol–water partition coefficient (Wildman–Crippen LogP) is 1.47. The fourth-order valence-electron chi connectivity index (χ4n) is 3.01. The first-order valence-corrected chi connectivity index (χ1v) is 10.0. The van der Waals surface area contributed by atoms with Gasteiger partial charge < -0.3 is 9.80 Å². The van der Waals surface area contributed by atoms with Gasteiger partial charge in [-0.15, -0.1) is 11.3 Å². The first kappa shape index (κ1) is 18.9. The molecule has 0 atom stereocenters. The van der Waals surface area contributed by atoms with Crippen LogP contribution in [0, 0.1) is 0 Å². The SMILES string of the molecule is O=C(Nc1nc(CC(=O)N2CCN(c3ccccn3)CC2)cs1)c1ncccn1. The van der Waals surface area contributed by atoms with Crippen molar-refractivity contribution in [3.8, 4) is 0 Å². The van der Waals surface area contributed by atoms with Crippen molar-refractivity contribution in [2.75, 3.05) is 36.4 Å². The second kappa shape index (κ2) is 8.74. The fourth-order valence-corrected chi connectivity index (χ4v) is 3.71. The number of piperazine rings is 1. The quantitative estimate of drug-likeness (QED) is 0.680. The summed E-state index contributed by atoms with van der Waals surface area (Å²) >= 11 is 1.27. The minimum Gasteiger partial charge on any atom is -0.353 e. The summed E-state index contributed by atoms with van der Waals surface area (Å²) < 4.78 is 0. The molecule has 0 saturated carbocycles. The van der Waals surface area contributed by atoms with Crippen molar-refractivity contribution < 1.29 is 9.59 Å². The molecule has 1 N–H and O–H groups in total. The molecule has 148 valence electrons. The van der Waals surface area contributed by atoms with Gasteiger partial charge in [0.05, 0.1) is 12.1 Å². The molecule has 0 radical (unpaired) electrons. The van der Waals surface area contributed by atoms with Crippen LogP contribution < -0.4 is 10.2 Å². The molecule has 1 fully saturated rings. The van der Waals surface area contributed by atoms with Gasteiger partial charge in [-0.05, 0) is 18.2 Å². The Balaban J connectivity index is 1.29. The summed E-state index contributed by atoms with van der Waals surface area (Å²) in [6.07, 6.45) is 4.98. The average Bonchev–Trinajstić information content (AvgIpc) is 3.21. The van der Waals surface area contributed by atoms with Crippen molar-refractivity contribution >= 4 is 34.1 Å². The predicted molar refractivity (Wildman–Crippen MR) is 109 cm³/mol. The minimum atomic E-state index is -0.427. The summed E-state index contributed by atoms with van der Waals surface area (Å²) in [5.74, 6) is 0.608. The van der Waals surface area contributed by atoms with Crippen LogP contribution in [-0.2, 0) is 11.2 Å². The molecule has 10 heteroatoms. The van der Waals surface area contributed by atoms with Crippen molar-refractivity contribution in [2.45, 2.75) is 6.42 Å². The van der Waals surface area contributed by atoms with E-state index in [1.807, 2.05) is 23.1 Å². The van der Waals surface area contributed by atoms with Gasteiger partial charge in [-0.25, -0.2) is 19.9 Å². The average molecular weight is 409 g/mol. The van der Waals surface area contributed by atoms with E-state index in [0.717, 1.165) is 18.9 Å². The van der Waals surface area contributed by atoms with Gasteiger partial charge in [-0.2, -0.15) is 0 Å². The van der Waals surface area contributed by atoms with Crippen LogP contribution in [0.4, 0.5) is 10.9 Å². The lowest BCUT2D eigenvalue weighted by Gasteiger charge is -2.35. The molecule has 1 aliphatic heterocycles. The number of amides is 2. The van der Waals surface area contributed by atoms with Crippen LogP contribution in [0.15, 0.2) is 48.2 Å². The standard InChI is InChI=1S/C19H19N7O2S/c27-16(26-10-8-25(9-11-26)15-4-1-2-5-20-15)12-14-13-29-19(23-14)24-18(28)17-21-6-3-7-22-17/h1-7,13H,8-12H2,(H,23,24,28). The van der Waals surface area contributed by atoms with Crippen molar-refractivity contribution in [1.82, 2.24) is 24.8 Å². The number of anilines is 2. The highest BCUT2D eigenvalue weighted by atomic mass is 32.1. The van der Waals surface area contributed by atoms with E-state index in [1.165, 1.54) is 23.7 Å². The molecular weight excluding hydrogens is 390 g/mol. The highest BCUT2D eigenvalue weighted by molar-refractivity contribution is 7.14. The largest absolute Gasteiger partial charge is 0.353 e. The molecule has 0 aliphatic carbocycles. The lowest BCUT2D eigenvalue weighted by Crippen LogP contribution is -2.49. The number of nitrogens with one attached hydrogen (secondary N) is 1. The molecule has 29 heavy (non-hydrogen) atoms. The Morgan fingerprint density at radius 2 is 1.76 bits per heavy atom. The molecule has 4 heterocycles. The van der Waals surface area contributed by atoms with Crippen LogP contribution in [0.1, 0.15) is 16.3 Å². The Labute approximate surface area is 171 Å². The van der Waals surface area contributed by atoms with Crippen LogP contribution in [0.3, 0.4) is 0 Å². The van der Waals surface area contributed by atoms with Crippen molar-refractivity contribution in [3.63, 3.8) is 0 Å². The minimum absolute atomic E-state index is 0.0280. The van der Waals surface area contributed by atoms with E-state index in [2.05, 4.69) is 30.2 Å². The molecular formula is C19H19N7O2S. The van der Waals surface area contributed by atoms with E-state index >= 15 is 0 Å². The Morgan fingerprint density at radius 3 is 2.48 bits per heavy atom. The summed E-state index contributed by atoms with van der Waals surface area (Å²) in [6.45, 7) is 2.79. The summed E-state index contributed by atoms with van der Waals surface area (Å²) in [7, 11) is 0. The molecule has 0 bridgehead atoms. The normalized spacial score (nSPS) is 13.9. The second-order valence-electron chi connectivity index (χ2n) is 6.40. The van der Waals surface area contributed by atoms with Gasteiger partial charge in [0.15, 0.2) is 5.13 Å². The zero-order valence-electron chi connectivity index (χ0n) is 15.6. The Hall–Kier alpha value is -3.40. The van der Waals surface area contributed by atoms with Crippen LogP contribution in [-0.4, -0.2) is 62.8 Å². The van der Waals surface area contributed by atoms with Gasteiger partial charge in [0.25, 0.3) is 5.91 Å². The van der Waals surface area contributed by atoms with E-state index in [4.69, 9.17) is 0 Å². The van der Waals surface area contributed by atoms with Crippen LogP contribution >= 0.6 is 11.3 Å². The maximum absolute atomic E-state index is 12.6. The number of hydrogen-bond acceptors (Lipinski definition) is 8. The molecule has 3 aromatic heterocycles. The van der Waals surface area contributed by atoms with E-state index in [-0.39, 0.29) is 18.2 Å². The Morgan fingerprint density at radius 1 is 1.00 bits per heavy atom. The van der Waals surface area contributed by atoms with Gasteiger partial charge in [0.1, 0.15) is 5.82 Å². The van der Waals surface area contributed by atoms with Gasteiger partial charge in [-0.3, -0.25) is 14.9 Å². The van der Waals surface area contributed by atoms with Crippen molar-refractivity contribution in [1.29, 1.82) is 0 Å². The topological polar surface area (TPSA) is 104 Å². The molecule has 0 spiro atoms. The van der Waals surface area contributed by atoms with E-state index in [0.29, 0.717) is 23.9 Å². The number of carbonyl (C=O) groups is 2. The fraction of sp³-hybridized carbons (Fsp3) is 0.263. The van der Waals surface area contributed by atoms with Crippen molar-refractivity contribution in [2.24, 2.45) is 0 Å². The third-order valence-electron chi connectivity index (χ3n) is 4.48. The monoisotopic (exact) mass is 409 g/mol. The van der Waals surface area contributed by atoms with Gasteiger partial charge >= 0.3 is 0 Å². The number of carbonyl (C=O) groups excluding carboxylic acids is 2. The molecule has 0 aromatic carbocycles. The number of pyridine rings is 1. The van der Waals surface area contributed by atoms with Crippen LogP contribution in [0.2, 0.25) is 0 Å². The molecule has 1 aliphatic rings. The summed E-state index contributed by atoms with van der Waals surface area (Å²) in [5, 5.41) is 4.86. The first-order valence-electron chi connectivity index (χ1n) is 9.15. The Kier molecular flexibility index (Phi) is 5.71. The molecule has 0 unspecified atom stereocenters. The zero-order valence-corrected chi connectivity index (χ0v) is 16.4. The van der Waals surface area contributed by atoms with E-state index < -0.39 is 5.91 Å². The van der Waals surface area contributed by atoms with Gasteiger partial charge in [-0.1, -0.05) is 6.07 Å². The first-order chi connectivity index (χ1) is 14.2. The third kappa shape index (κ3) is 4.72. The maximum atomic E-state index is 12.6. The van der Waals surface area contributed by atoms with Gasteiger partial charge in [0, 0.05) is 50.1 Å². The number of nitrogens with zero attached hydrogens (tertiary/aromatic N) is 6. The van der Waals surface area contributed by atoms with E-state index in [1.54, 1.807) is 17.6 Å². The second-order valence-corrected chi connectivity index (χ2v) is 7.26. The third-order valence-corrected chi connectivity index (χ3v) is 5.29. The van der Waals surface area contributed by atoms with Crippen LogP contribution in [0.5, 0.6) is 0 Å². The molecule has 3 aromatic rings. The Bertz CT molecular complexity index is 972. The molecule has 9 nitrogen and oxygen atoms in total. The van der Waals surface area contributed by atoms with Crippen molar-refractivity contribution in [3.05, 3.63) is 59.8 Å². The maximum Gasteiger partial charge on any atom is 0.295 e. The van der Waals surface area contributed by atoms with Crippen LogP contribution in [0.25, 0.3) is 0 Å². The smallest absolute Gasteiger partial charge is 0.295 e. The molecule has 4 rings (SSSR count). The summed E-state index contributed by atoms with van der Waals surface area (Å²) in [6, 6.07) is 7.46. The number of thiazole rings is 1. The molecule has 1 saturated heterocycles. The van der Waals surface area contributed by atoms with E-state index in [9.17, 15) is 9.59 Å². The highest BCUT2D eigenvalue weighted by Crippen LogP contribution is 2.18. The lowest BCUT2D eigenvalue weighted by atomic mass is 10.2.